The molecule has 76 heavy (non-hydrogen) atoms. The zero-order valence-electron chi connectivity index (χ0n) is 52.4. The van der Waals surface area contributed by atoms with Gasteiger partial charge in [-0.15, -0.1) is 0 Å². The highest BCUT2D eigenvalue weighted by molar-refractivity contribution is 5.71. The van der Waals surface area contributed by atoms with E-state index in [2.05, 4.69) is 34.6 Å². The van der Waals surface area contributed by atoms with Crippen LogP contribution in [0.1, 0.15) is 401 Å². The summed E-state index contributed by atoms with van der Waals surface area (Å²) in [6, 6.07) is 0. The lowest BCUT2D eigenvalue weighted by Gasteiger charge is -2.18. The molecule has 0 aliphatic rings. The maximum Gasteiger partial charge on any atom is 0.306 e. The van der Waals surface area contributed by atoms with Gasteiger partial charge in [0.15, 0.2) is 6.10 Å². The van der Waals surface area contributed by atoms with E-state index < -0.39 is 6.10 Å². The fourth-order valence-electron chi connectivity index (χ4n) is 11.0. The van der Waals surface area contributed by atoms with Crippen molar-refractivity contribution in [1.82, 2.24) is 0 Å². The molecule has 452 valence electrons. The van der Waals surface area contributed by atoms with Crippen molar-refractivity contribution in [3.63, 3.8) is 0 Å². The second kappa shape index (κ2) is 62.6. The highest BCUT2D eigenvalue weighted by Gasteiger charge is 2.20. The molecule has 0 aromatic rings. The first-order chi connectivity index (χ1) is 37.3. The summed E-state index contributed by atoms with van der Waals surface area (Å²) in [6.45, 7) is 11.5. The third kappa shape index (κ3) is 61.6. The fourth-order valence-corrected chi connectivity index (χ4v) is 11.0. The van der Waals surface area contributed by atoms with Crippen LogP contribution in [0.15, 0.2) is 0 Å². The molecule has 2 atom stereocenters. The molecule has 6 heteroatoms. The van der Waals surface area contributed by atoms with Gasteiger partial charge in [-0.25, -0.2) is 0 Å². The number of carbonyl (C=O) groups excluding carboxylic acids is 3. The predicted molar refractivity (Wildman–Crippen MR) is 330 cm³/mol. The molecule has 0 aliphatic heterocycles. The number of esters is 3. The van der Waals surface area contributed by atoms with E-state index >= 15 is 0 Å². The average Bonchev–Trinajstić information content (AvgIpc) is 3.41. The molecule has 1 unspecified atom stereocenters. The molecular weight excluding hydrogens is 937 g/mol. The van der Waals surface area contributed by atoms with Gasteiger partial charge in [0.2, 0.25) is 0 Å². The van der Waals surface area contributed by atoms with Crippen LogP contribution in [0.5, 0.6) is 0 Å². The number of carbonyl (C=O) groups is 3. The lowest BCUT2D eigenvalue weighted by atomic mass is 9.99. The van der Waals surface area contributed by atoms with E-state index in [0.29, 0.717) is 19.3 Å². The first-order valence-corrected chi connectivity index (χ1v) is 34.8. The Morgan fingerprint density at radius 3 is 0.750 bits per heavy atom. The summed E-state index contributed by atoms with van der Waals surface area (Å²) in [5.41, 5.74) is 0. The molecule has 0 amide bonds. The van der Waals surface area contributed by atoms with Gasteiger partial charge in [0.1, 0.15) is 13.2 Å². The van der Waals surface area contributed by atoms with Crippen molar-refractivity contribution in [2.75, 3.05) is 13.2 Å². The number of hydrogen-bond acceptors (Lipinski definition) is 6. The third-order valence-corrected chi connectivity index (χ3v) is 16.6. The van der Waals surface area contributed by atoms with Gasteiger partial charge in [-0.05, 0) is 31.1 Å². The van der Waals surface area contributed by atoms with E-state index in [9.17, 15) is 14.4 Å². The van der Waals surface area contributed by atoms with Crippen molar-refractivity contribution in [1.29, 1.82) is 0 Å². The summed E-state index contributed by atoms with van der Waals surface area (Å²) in [4.78, 5) is 38.4. The minimum atomic E-state index is -0.764. The van der Waals surface area contributed by atoms with E-state index in [1.165, 1.54) is 289 Å². The number of hydrogen-bond donors (Lipinski definition) is 0. The molecule has 0 aromatic carbocycles. The minimum absolute atomic E-state index is 0.0612. The van der Waals surface area contributed by atoms with Crippen LogP contribution in [-0.4, -0.2) is 37.2 Å². The number of rotatable bonds is 64. The molecule has 0 fully saturated rings. The molecule has 0 aromatic heterocycles. The summed E-state index contributed by atoms with van der Waals surface area (Å²) >= 11 is 0. The Morgan fingerprint density at radius 1 is 0.276 bits per heavy atom. The van der Waals surface area contributed by atoms with Crippen molar-refractivity contribution < 1.29 is 28.6 Å². The summed E-state index contributed by atoms with van der Waals surface area (Å²) in [7, 11) is 0. The normalized spacial score (nSPS) is 12.4. The average molecular weight is 1070 g/mol. The van der Waals surface area contributed by atoms with E-state index in [-0.39, 0.29) is 31.1 Å². The van der Waals surface area contributed by atoms with Crippen molar-refractivity contribution >= 4 is 17.9 Å². The van der Waals surface area contributed by atoms with Gasteiger partial charge in [-0.1, -0.05) is 362 Å². The van der Waals surface area contributed by atoms with Gasteiger partial charge < -0.3 is 14.2 Å². The monoisotopic (exact) mass is 1070 g/mol. The maximum atomic E-state index is 12.9. The van der Waals surface area contributed by atoms with Crippen molar-refractivity contribution in [3.8, 4) is 0 Å². The SMILES string of the molecule is CCCCCCCCCCCCCCCCCC(=O)OC[C@@H](COC(=O)CCCCCCCCCCCCCCCCCCCCC(C)CC)OC(=O)CCCCCCCCCCCCCCCCCCCCC(C)C. The zero-order chi connectivity index (χ0) is 55.3. The van der Waals surface area contributed by atoms with Crippen molar-refractivity contribution in [2.24, 2.45) is 11.8 Å². The van der Waals surface area contributed by atoms with E-state index in [1.807, 2.05) is 0 Å². The summed E-state index contributed by atoms with van der Waals surface area (Å²) in [6.07, 6.45) is 71.1. The first kappa shape index (κ1) is 74.4. The molecule has 0 saturated heterocycles. The van der Waals surface area contributed by atoms with Gasteiger partial charge in [-0.3, -0.25) is 14.4 Å². The Balaban J connectivity index is 4.25. The Kier molecular flexibility index (Phi) is 61.3. The quantitative estimate of drug-likeness (QED) is 0.0343. The Bertz CT molecular complexity index is 1170. The van der Waals surface area contributed by atoms with Gasteiger partial charge in [0.25, 0.3) is 0 Å². The van der Waals surface area contributed by atoms with Crippen molar-refractivity contribution in [3.05, 3.63) is 0 Å². The summed E-state index contributed by atoms with van der Waals surface area (Å²) < 4.78 is 17.0. The van der Waals surface area contributed by atoms with Crippen molar-refractivity contribution in [2.45, 2.75) is 407 Å². The molecule has 6 nitrogen and oxygen atoms in total. The van der Waals surface area contributed by atoms with E-state index in [4.69, 9.17) is 14.2 Å². The number of ether oxygens (including phenoxy) is 3. The van der Waals surface area contributed by atoms with Crippen LogP contribution in [0.4, 0.5) is 0 Å². The highest BCUT2D eigenvalue weighted by Crippen LogP contribution is 2.20. The van der Waals surface area contributed by atoms with Crippen LogP contribution in [-0.2, 0) is 28.6 Å². The lowest BCUT2D eigenvalue weighted by molar-refractivity contribution is -0.167. The second-order valence-electron chi connectivity index (χ2n) is 24.9. The number of unbranched alkanes of at least 4 members (excludes halogenated alkanes) is 48. The molecular formula is C70H136O6. The van der Waals surface area contributed by atoms with Crippen LogP contribution >= 0.6 is 0 Å². The second-order valence-corrected chi connectivity index (χ2v) is 24.9. The largest absolute Gasteiger partial charge is 0.462 e. The molecule has 0 bridgehead atoms. The zero-order valence-corrected chi connectivity index (χ0v) is 52.4. The van der Waals surface area contributed by atoms with E-state index in [1.54, 1.807) is 0 Å². The topological polar surface area (TPSA) is 78.9 Å². The summed E-state index contributed by atoms with van der Waals surface area (Å²) in [5, 5.41) is 0. The van der Waals surface area contributed by atoms with Crippen LogP contribution in [0.3, 0.4) is 0 Å². The molecule has 0 spiro atoms. The van der Waals surface area contributed by atoms with Gasteiger partial charge in [0, 0.05) is 19.3 Å². The lowest BCUT2D eigenvalue weighted by Crippen LogP contribution is -2.30. The van der Waals surface area contributed by atoms with Crippen LogP contribution in [0, 0.1) is 11.8 Å². The predicted octanol–water partition coefficient (Wildman–Crippen LogP) is 23.6. The maximum absolute atomic E-state index is 12.9. The van der Waals surface area contributed by atoms with Gasteiger partial charge >= 0.3 is 17.9 Å². The fraction of sp³-hybridized carbons (Fsp3) is 0.957. The molecule has 0 saturated carbocycles. The van der Waals surface area contributed by atoms with Gasteiger partial charge in [-0.2, -0.15) is 0 Å². The summed E-state index contributed by atoms with van der Waals surface area (Å²) in [5.74, 6) is 0.944. The molecule has 0 aliphatic carbocycles. The molecule has 0 rings (SSSR count). The molecule has 0 radical (unpaired) electrons. The first-order valence-electron chi connectivity index (χ1n) is 34.8. The molecule has 0 heterocycles. The molecule has 0 N–H and O–H groups in total. The Hall–Kier alpha value is -1.59. The minimum Gasteiger partial charge on any atom is -0.462 e. The van der Waals surface area contributed by atoms with Crippen LogP contribution < -0.4 is 0 Å². The van der Waals surface area contributed by atoms with Crippen LogP contribution in [0.2, 0.25) is 0 Å². The van der Waals surface area contributed by atoms with E-state index in [0.717, 1.165) is 69.6 Å². The third-order valence-electron chi connectivity index (χ3n) is 16.6. The highest BCUT2D eigenvalue weighted by atomic mass is 16.6. The standard InChI is InChI=1S/C70H136O6/c1-6-8-9-10-11-12-13-14-23-30-35-40-45-50-55-60-68(71)74-63-67(76-70(73)62-57-52-47-42-37-32-27-22-17-15-19-24-28-33-38-43-48-53-58-65(3)4)64-75-69(72)61-56-51-46-41-36-31-26-21-18-16-20-25-29-34-39-44-49-54-59-66(5)7-2/h65-67H,6-64H2,1-5H3/t66?,67-/m0/s1. The Labute approximate surface area is 476 Å². The van der Waals surface area contributed by atoms with Crippen LogP contribution in [0.25, 0.3) is 0 Å². The smallest absolute Gasteiger partial charge is 0.306 e. The van der Waals surface area contributed by atoms with Gasteiger partial charge in [0.05, 0.1) is 0 Å². The Morgan fingerprint density at radius 2 is 0.500 bits per heavy atom.